The van der Waals surface area contributed by atoms with Crippen molar-refractivity contribution in [1.29, 1.82) is 0 Å². The van der Waals surface area contributed by atoms with E-state index in [1.807, 2.05) is 47.9 Å². The Kier molecular flexibility index (Phi) is 4.36. The Labute approximate surface area is 137 Å². The van der Waals surface area contributed by atoms with E-state index in [1.165, 1.54) is 11.8 Å². The smallest absolute Gasteiger partial charge is 0.237 e. The standard InChI is InChI=1S/C16H14ClN3OS/c1-11(15(21)19-14-8-3-2-7-13(14)17)22-16-18-10-12-6-4-5-9-20(12)16/h2-11H,1H3,(H,19,21)/t11-/m0/s1. The molecule has 0 bridgehead atoms. The highest BCUT2D eigenvalue weighted by Gasteiger charge is 2.18. The van der Waals surface area contributed by atoms with Gasteiger partial charge in [0.1, 0.15) is 0 Å². The number of benzene rings is 1. The Morgan fingerprint density at radius 1 is 1.27 bits per heavy atom. The lowest BCUT2D eigenvalue weighted by Gasteiger charge is -2.12. The van der Waals surface area contributed by atoms with Crippen molar-refractivity contribution >= 4 is 40.5 Å². The van der Waals surface area contributed by atoms with Crippen LogP contribution in [-0.2, 0) is 4.79 Å². The molecule has 2 aromatic heterocycles. The molecule has 3 rings (SSSR count). The van der Waals surface area contributed by atoms with Crippen LogP contribution < -0.4 is 5.32 Å². The van der Waals surface area contributed by atoms with Gasteiger partial charge in [0.05, 0.1) is 27.7 Å². The summed E-state index contributed by atoms with van der Waals surface area (Å²) in [6.45, 7) is 1.85. The van der Waals surface area contributed by atoms with Crippen LogP contribution in [0.15, 0.2) is 60.0 Å². The lowest BCUT2D eigenvalue weighted by atomic mass is 10.3. The molecule has 0 saturated heterocycles. The Morgan fingerprint density at radius 3 is 2.86 bits per heavy atom. The molecule has 0 aliphatic carbocycles. The second-order valence-electron chi connectivity index (χ2n) is 4.77. The normalized spacial score (nSPS) is 12.3. The van der Waals surface area contributed by atoms with Crippen LogP contribution in [0.5, 0.6) is 0 Å². The molecule has 112 valence electrons. The van der Waals surface area contributed by atoms with E-state index in [0.717, 1.165) is 10.7 Å². The molecular formula is C16H14ClN3OS. The second kappa shape index (κ2) is 6.42. The highest BCUT2D eigenvalue weighted by molar-refractivity contribution is 8.00. The topological polar surface area (TPSA) is 46.4 Å². The number of nitrogens with zero attached hydrogens (tertiary/aromatic N) is 2. The van der Waals surface area contributed by atoms with E-state index in [2.05, 4.69) is 10.3 Å². The fourth-order valence-corrected chi connectivity index (χ4v) is 3.07. The van der Waals surface area contributed by atoms with Gasteiger partial charge in [-0.1, -0.05) is 41.6 Å². The third kappa shape index (κ3) is 3.10. The van der Waals surface area contributed by atoms with E-state index in [1.54, 1.807) is 18.3 Å². The summed E-state index contributed by atoms with van der Waals surface area (Å²) in [4.78, 5) is 16.7. The molecular weight excluding hydrogens is 318 g/mol. The molecule has 0 unspecified atom stereocenters. The third-order valence-corrected chi connectivity index (χ3v) is 4.60. The van der Waals surface area contributed by atoms with Gasteiger partial charge in [-0.2, -0.15) is 0 Å². The van der Waals surface area contributed by atoms with E-state index in [0.29, 0.717) is 10.7 Å². The number of fused-ring (bicyclic) bond motifs is 1. The van der Waals surface area contributed by atoms with Gasteiger partial charge in [-0.05, 0) is 31.2 Å². The number of halogens is 1. The summed E-state index contributed by atoms with van der Waals surface area (Å²) >= 11 is 7.47. The van der Waals surface area contributed by atoms with Crippen molar-refractivity contribution in [2.75, 3.05) is 5.32 Å². The summed E-state index contributed by atoms with van der Waals surface area (Å²) in [6.07, 6.45) is 3.73. The average Bonchev–Trinajstić information content (AvgIpc) is 2.93. The fourth-order valence-electron chi connectivity index (χ4n) is 2.02. The Hall–Kier alpha value is -1.98. The predicted molar refractivity (Wildman–Crippen MR) is 90.6 cm³/mol. The number of carbonyl (C=O) groups is 1. The van der Waals surface area contributed by atoms with Crippen LogP contribution in [0.1, 0.15) is 6.92 Å². The Morgan fingerprint density at radius 2 is 2.05 bits per heavy atom. The molecule has 2 heterocycles. The number of pyridine rings is 1. The first-order chi connectivity index (χ1) is 10.6. The third-order valence-electron chi connectivity index (χ3n) is 3.19. The van der Waals surface area contributed by atoms with Gasteiger partial charge in [0, 0.05) is 6.20 Å². The number of anilines is 1. The molecule has 6 heteroatoms. The first-order valence-corrected chi connectivity index (χ1v) is 8.05. The van der Waals surface area contributed by atoms with Crippen LogP contribution in [-0.4, -0.2) is 20.5 Å². The summed E-state index contributed by atoms with van der Waals surface area (Å²) in [5.74, 6) is -0.106. The summed E-state index contributed by atoms with van der Waals surface area (Å²) in [5.41, 5.74) is 1.62. The Bertz CT molecular complexity index is 818. The zero-order valence-electron chi connectivity index (χ0n) is 11.9. The number of aromatic nitrogens is 2. The van der Waals surface area contributed by atoms with Crippen molar-refractivity contribution < 1.29 is 4.79 Å². The molecule has 0 saturated carbocycles. The lowest BCUT2D eigenvalue weighted by Crippen LogP contribution is -2.22. The minimum Gasteiger partial charge on any atom is -0.324 e. The molecule has 1 amide bonds. The number of nitrogens with one attached hydrogen (secondary N) is 1. The quantitative estimate of drug-likeness (QED) is 0.732. The molecule has 0 fully saturated rings. The number of para-hydroxylation sites is 1. The minimum absolute atomic E-state index is 0.106. The maximum Gasteiger partial charge on any atom is 0.237 e. The van der Waals surface area contributed by atoms with Gasteiger partial charge in [-0.25, -0.2) is 4.98 Å². The number of carbonyl (C=O) groups excluding carboxylic acids is 1. The largest absolute Gasteiger partial charge is 0.324 e. The second-order valence-corrected chi connectivity index (χ2v) is 6.48. The lowest BCUT2D eigenvalue weighted by molar-refractivity contribution is -0.115. The summed E-state index contributed by atoms with van der Waals surface area (Å²) in [7, 11) is 0. The van der Waals surface area contributed by atoms with Gasteiger partial charge in [-0.15, -0.1) is 0 Å². The van der Waals surface area contributed by atoms with Gasteiger partial charge in [0.2, 0.25) is 5.91 Å². The highest BCUT2D eigenvalue weighted by Crippen LogP contribution is 2.26. The van der Waals surface area contributed by atoms with E-state index < -0.39 is 0 Å². The predicted octanol–water partition coefficient (Wildman–Crippen LogP) is 4.11. The first kappa shape index (κ1) is 14.9. The van der Waals surface area contributed by atoms with Crippen molar-refractivity contribution in [3.8, 4) is 0 Å². The highest BCUT2D eigenvalue weighted by atomic mass is 35.5. The van der Waals surface area contributed by atoms with Crippen LogP contribution >= 0.6 is 23.4 Å². The number of hydrogen-bond donors (Lipinski definition) is 1. The summed E-state index contributed by atoms with van der Waals surface area (Å²) in [5, 5.41) is 3.87. The van der Waals surface area contributed by atoms with Crippen LogP contribution in [0.4, 0.5) is 5.69 Å². The van der Waals surface area contributed by atoms with Gasteiger partial charge in [0.25, 0.3) is 0 Å². The molecule has 0 aliphatic rings. The molecule has 0 spiro atoms. The van der Waals surface area contributed by atoms with Crippen molar-refractivity contribution in [3.63, 3.8) is 0 Å². The van der Waals surface area contributed by atoms with Crippen molar-refractivity contribution in [3.05, 3.63) is 59.9 Å². The number of imidazole rings is 1. The molecule has 4 nitrogen and oxygen atoms in total. The minimum atomic E-state index is -0.290. The summed E-state index contributed by atoms with van der Waals surface area (Å²) in [6, 6.07) is 13.1. The van der Waals surface area contributed by atoms with Crippen LogP contribution in [0, 0.1) is 0 Å². The van der Waals surface area contributed by atoms with Crippen LogP contribution in [0.2, 0.25) is 5.02 Å². The molecule has 0 aliphatic heterocycles. The monoisotopic (exact) mass is 331 g/mol. The molecule has 1 N–H and O–H groups in total. The molecule has 1 atom stereocenters. The van der Waals surface area contributed by atoms with Crippen molar-refractivity contribution in [2.24, 2.45) is 0 Å². The maximum absolute atomic E-state index is 12.3. The number of hydrogen-bond acceptors (Lipinski definition) is 3. The van der Waals surface area contributed by atoms with Gasteiger partial charge in [0.15, 0.2) is 5.16 Å². The van der Waals surface area contributed by atoms with E-state index in [4.69, 9.17) is 11.6 Å². The van der Waals surface area contributed by atoms with E-state index in [-0.39, 0.29) is 11.2 Å². The van der Waals surface area contributed by atoms with Gasteiger partial charge < -0.3 is 5.32 Å². The fraction of sp³-hybridized carbons (Fsp3) is 0.125. The SMILES string of the molecule is C[C@H](Sc1ncc2ccccn12)C(=O)Nc1ccccc1Cl. The zero-order chi connectivity index (χ0) is 15.5. The maximum atomic E-state index is 12.3. The van der Waals surface area contributed by atoms with Crippen LogP contribution in [0.3, 0.4) is 0 Å². The Balaban J connectivity index is 1.73. The van der Waals surface area contributed by atoms with E-state index in [9.17, 15) is 4.79 Å². The first-order valence-electron chi connectivity index (χ1n) is 6.79. The summed E-state index contributed by atoms with van der Waals surface area (Å²) < 4.78 is 1.96. The van der Waals surface area contributed by atoms with Gasteiger partial charge in [-0.3, -0.25) is 9.20 Å². The van der Waals surface area contributed by atoms with Gasteiger partial charge >= 0.3 is 0 Å². The number of rotatable bonds is 4. The molecule has 22 heavy (non-hydrogen) atoms. The van der Waals surface area contributed by atoms with Crippen LogP contribution in [0.25, 0.3) is 5.52 Å². The number of amides is 1. The average molecular weight is 332 g/mol. The zero-order valence-corrected chi connectivity index (χ0v) is 13.4. The van der Waals surface area contributed by atoms with Crippen molar-refractivity contribution in [2.45, 2.75) is 17.3 Å². The molecule has 1 aromatic carbocycles. The molecule has 3 aromatic rings. The van der Waals surface area contributed by atoms with Crippen molar-refractivity contribution in [1.82, 2.24) is 9.38 Å². The molecule has 0 radical (unpaired) electrons. The number of thioether (sulfide) groups is 1. The van der Waals surface area contributed by atoms with E-state index >= 15 is 0 Å².